The van der Waals surface area contributed by atoms with Gasteiger partial charge in [0.05, 0.1) is 5.69 Å². The van der Waals surface area contributed by atoms with Gasteiger partial charge < -0.3 is 30.9 Å². The van der Waals surface area contributed by atoms with Crippen LogP contribution in [0.4, 0.5) is 10.1 Å². The van der Waals surface area contributed by atoms with Crippen molar-refractivity contribution in [3.63, 3.8) is 0 Å². The molecule has 2 saturated carbocycles. The van der Waals surface area contributed by atoms with E-state index >= 15 is 4.39 Å². The van der Waals surface area contributed by atoms with E-state index in [0.717, 1.165) is 13.1 Å². The predicted molar refractivity (Wildman–Crippen MR) is 176 cm³/mol. The molecule has 47 heavy (non-hydrogen) atoms. The number of hydrogen-bond donors (Lipinski definition) is 3. The molecule has 2 aromatic rings. The summed E-state index contributed by atoms with van der Waals surface area (Å²) in [5, 5.41) is 9.49. The minimum atomic E-state index is -0.853. The zero-order chi connectivity index (χ0) is 34.2. The molecule has 4 amide bonds. The van der Waals surface area contributed by atoms with Crippen LogP contribution in [-0.4, -0.2) is 96.2 Å². The lowest BCUT2D eigenvalue weighted by Gasteiger charge is -2.36. The molecule has 13 heteroatoms. The number of aromatic nitrogens is 2. The minimum Gasteiger partial charge on any atom is -0.375 e. The number of amides is 4. The quantitative estimate of drug-likeness (QED) is 0.300. The summed E-state index contributed by atoms with van der Waals surface area (Å²) in [6.45, 7) is 8.17. The summed E-state index contributed by atoms with van der Waals surface area (Å²) in [5.74, 6) is -0.471. The van der Waals surface area contributed by atoms with E-state index in [2.05, 4.69) is 20.6 Å². The van der Waals surface area contributed by atoms with Crippen molar-refractivity contribution in [3.8, 4) is 0 Å². The molecule has 2 atom stereocenters. The predicted octanol–water partition coefficient (Wildman–Crippen LogP) is 3.16. The second-order valence-corrected chi connectivity index (χ2v) is 13.3. The van der Waals surface area contributed by atoms with Gasteiger partial charge in [0.1, 0.15) is 24.2 Å². The van der Waals surface area contributed by atoms with Crippen molar-refractivity contribution >= 4 is 29.3 Å². The van der Waals surface area contributed by atoms with Gasteiger partial charge in [-0.2, -0.15) is 5.10 Å². The van der Waals surface area contributed by atoms with E-state index in [1.807, 2.05) is 20.9 Å². The van der Waals surface area contributed by atoms with E-state index < -0.39 is 29.6 Å². The number of benzene rings is 1. The van der Waals surface area contributed by atoms with Gasteiger partial charge in [0.15, 0.2) is 0 Å². The largest absolute Gasteiger partial charge is 0.375 e. The number of anilines is 1. The molecule has 2 unspecified atom stereocenters. The molecule has 12 nitrogen and oxygen atoms in total. The van der Waals surface area contributed by atoms with E-state index in [9.17, 15) is 19.2 Å². The van der Waals surface area contributed by atoms with Crippen molar-refractivity contribution in [2.45, 2.75) is 70.9 Å². The molecule has 0 bridgehead atoms. The van der Waals surface area contributed by atoms with Crippen molar-refractivity contribution in [3.05, 3.63) is 47.5 Å². The van der Waals surface area contributed by atoms with Gasteiger partial charge in [0.25, 0.3) is 5.91 Å². The highest BCUT2D eigenvalue weighted by Crippen LogP contribution is 2.50. The molecule has 1 aliphatic heterocycles. The Morgan fingerprint density at radius 1 is 1.00 bits per heavy atom. The Morgan fingerprint density at radius 2 is 1.64 bits per heavy atom. The molecule has 3 fully saturated rings. The fourth-order valence-corrected chi connectivity index (χ4v) is 6.18. The third kappa shape index (κ3) is 10.1. The summed E-state index contributed by atoms with van der Waals surface area (Å²) >= 11 is 0. The van der Waals surface area contributed by atoms with Gasteiger partial charge in [0, 0.05) is 57.9 Å². The Kier molecular flexibility index (Phi) is 12.5. The summed E-state index contributed by atoms with van der Waals surface area (Å²) in [6, 6.07) is 5.56. The van der Waals surface area contributed by atoms with Crippen LogP contribution in [0.1, 0.15) is 80.9 Å². The van der Waals surface area contributed by atoms with Crippen molar-refractivity contribution in [2.75, 3.05) is 52.3 Å². The van der Waals surface area contributed by atoms with E-state index in [1.165, 1.54) is 38.9 Å². The number of carbonyl (C=O) groups is 4. The number of halogens is 1. The molecule has 4 N–H and O–H groups in total. The summed E-state index contributed by atoms with van der Waals surface area (Å²) in [6.07, 6.45) is 6.81. The van der Waals surface area contributed by atoms with Crippen LogP contribution in [0.5, 0.6) is 0 Å². The lowest BCUT2D eigenvalue weighted by atomic mass is 9.91. The molecule has 0 spiro atoms. The molecular formula is C34H50FN7O5. The number of piperazine rings is 1. The lowest BCUT2D eigenvalue weighted by molar-refractivity contribution is -0.139. The van der Waals surface area contributed by atoms with Crippen LogP contribution < -0.4 is 16.4 Å². The fraction of sp³-hybridized carbons (Fsp3) is 0.618. The van der Waals surface area contributed by atoms with Crippen molar-refractivity contribution in [2.24, 2.45) is 23.5 Å². The Bertz CT molecular complexity index is 1390. The first-order valence-corrected chi connectivity index (χ1v) is 16.6. The zero-order valence-corrected chi connectivity index (χ0v) is 28.2. The van der Waals surface area contributed by atoms with Gasteiger partial charge in [-0.05, 0) is 88.1 Å². The van der Waals surface area contributed by atoms with E-state index in [1.54, 1.807) is 40.9 Å². The lowest BCUT2D eigenvalue weighted by Crippen LogP contribution is -2.56. The first kappa shape index (κ1) is 36.0. The van der Waals surface area contributed by atoms with Crippen LogP contribution in [-0.2, 0) is 19.1 Å². The van der Waals surface area contributed by atoms with E-state index in [-0.39, 0.29) is 30.2 Å². The number of ether oxygens (including phenoxy) is 1. The monoisotopic (exact) mass is 655 g/mol. The van der Waals surface area contributed by atoms with Crippen LogP contribution in [0, 0.1) is 23.6 Å². The van der Waals surface area contributed by atoms with Gasteiger partial charge in [-0.15, -0.1) is 0 Å². The van der Waals surface area contributed by atoms with Gasteiger partial charge in [-0.3, -0.25) is 23.9 Å². The standard InChI is InChI=1S/C27H39FN4O4.C7H11N3O/c1-17(26(30-25(34)16-36-3)27(35)32-12-10-31(2)11-13-32)20-8-9-23(22(28)14-20)29-24(33)15-21(18-4-5-18)19-6-7-19;1-5(2)10-6(7(8)11)3-4-9-10/h8-9,14,17-19,21,26H,4-7,10-13,15-16H2,1-3H3,(H,29,33)(H,30,34);3-5H,1-2H3,(H2,8,11). The number of nitrogens with zero attached hydrogens (tertiary/aromatic N) is 4. The molecule has 2 heterocycles. The van der Waals surface area contributed by atoms with Crippen molar-refractivity contribution in [1.82, 2.24) is 24.9 Å². The maximum absolute atomic E-state index is 15.1. The Labute approximate surface area is 276 Å². The second-order valence-electron chi connectivity index (χ2n) is 13.3. The fourth-order valence-electron chi connectivity index (χ4n) is 6.18. The second kappa shape index (κ2) is 16.3. The first-order chi connectivity index (χ1) is 22.4. The van der Waals surface area contributed by atoms with Gasteiger partial charge in [-0.25, -0.2) is 4.39 Å². The highest BCUT2D eigenvalue weighted by atomic mass is 19.1. The molecular weight excluding hydrogens is 605 g/mol. The van der Waals surface area contributed by atoms with Crippen LogP contribution in [0.2, 0.25) is 0 Å². The Balaban J connectivity index is 0.000000385. The van der Waals surface area contributed by atoms with Gasteiger partial charge in [-0.1, -0.05) is 13.0 Å². The summed E-state index contributed by atoms with van der Waals surface area (Å²) in [7, 11) is 3.42. The zero-order valence-electron chi connectivity index (χ0n) is 28.2. The minimum absolute atomic E-state index is 0.145. The van der Waals surface area contributed by atoms with Crippen LogP contribution in [0.15, 0.2) is 30.5 Å². The Morgan fingerprint density at radius 3 is 2.15 bits per heavy atom. The van der Waals surface area contributed by atoms with Crippen LogP contribution in [0.25, 0.3) is 0 Å². The third-order valence-corrected chi connectivity index (χ3v) is 9.25. The molecule has 1 saturated heterocycles. The number of nitrogens with two attached hydrogens (primary N) is 1. The van der Waals surface area contributed by atoms with Crippen LogP contribution >= 0.6 is 0 Å². The average molecular weight is 656 g/mol. The smallest absolute Gasteiger partial charge is 0.266 e. The normalized spacial score (nSPS) is 17.9. The van der Waals surface area contributed by atoms with Crippen molar-refractivity contribution in [1.29, 1.82) is 0 Å². The number of primary amides is 1. The average Bonchev–Trinajstić information content (AvgIpc) is 3.98. The van der Waals surface area contributed by atoms with E-state index in [4.69, 9.17) is 10.5 Å². The molecule has 1 aromatic carbocycles. The maximum Gasteiger partial charge on any atom is 0.266 e. The summed E-state index contributed by atoms with van der Waals surface area (Å²) in [4.78, 5) is 53.0. The molecule has 1 aromatic heterocycles. The summed E-state index contributed by atoms with van der Waals surface area (Å²) in [5.41, 5.74) is 6.27. The number of rotatable bonds is 13. The number of hydrogen-bond acceptors (Lipinski definition) is 7. The highest BCUT2D eigenvalue weighted by Gasteiger charge is 2.42. The van der Waals surface area contributed by atoms with Crippen LogP contribution in [0.3, 0.4) is 0 Å². The van der Waals surface area contributed by atoms with Gasteiger partial charge in [0.2, 0.25) is 17.7 Å². The topological polar surface area (TPSA) is 152 Å². The molecule has 3 aliphatic rings. The third-order valence-electron chi connectivity index (χ3n) is 9.25. The number of methoxy groups -OCH3 is 1. The maximum atomic E-state index is 15.1. The highest BCUT2D eigenvalue weighted by molar-refractivity contribution is 5.92. The summed E-state index contributed by atoms with van der Waals surface area (Å²) < 4.78 is 21.6. The number of likely N-dealkylation sites (N-methyl/N-ethyl adjacent to an activating group) is 1. The van der Waals surface area contributed by atoms with Crippen molar-refractivity contribution < 1.29 is 28.3 Å². The van der Waals surface area contributed by atoms with Gasteiger partial charge >= 0.3 is 0 Å². The molecule has 258 valence electrons. The van der Waals surface area contributed by atoms with E-state index in [0.29, 0.717) is 48.5 Å². The molecule has 0 radical (unpaired) electrons. The number of carbonyl (C=O) groups excluding carboxylic acids is 4. The Hall–Kier alpha value is -3.84. The SMILES string of the molecule is CC(C)n1nccc1C(N)=O.COCC(=O)NC(C(=O)N1CCN(C)CC1)C(C)c1ccc(NC(=O)CC(C2CC2)C2CC2)c(F)c1. The number of nitrogens with one attached hydrogen (secondary N) is 2. The first-order valence-electron chi connectivity index (χ1n) is 16.6. The molecule has 2 aliphatic carbocycles. The molecule has 5 rings (SSSR count).